The molecule has 1 fully saturated rings. The van der Waals surface area contributed by atoms with E-state index in [2.05, 4.69) is 19.2 Å². The number of rotatable bonds is 6. The molecule has 1 rings (SSSR count). The van der Waals surface area contributed by atoms with Gasteiger partial charge in [0.1, 0.15) is 0 Å². The van der Waals surface area contributed by atoms with Crippen molar-refractivity contribution >= 4 is 0 Å². The van der Waals surface area contributed by atoms with Crippen LogP contribution in [0.1, 0.15) is 33.1 Å². The fourth-order valence-corrected chi connectivity index (χ4v) is 2.09. The summed E-state index contributed by atoms with van der Waals surface area (Å²) < 4.78 is 24.3. The van der Waals surface area contributed by atoms with Gasteiger partial charge in [-0.2, -0.15) is 0 Å². The number of nitrogens with zero attached hydrogens (tertiary/aromatic N) is 1. The van der Waals surface area contributed by atoms with Crippen molar-refractivity contribution in [2.24, 2.45) is 5.92 Å². The van der Waals surface area contributed by atoms with Crippen LogP contribution < -0.4 is 5.32 Å². The highest BCUT2D eigenvalue weighted by Crippen LogP contribution is 2.12. The van der Waals surface area contributed by atoms with Crippen molar-refractivity contribution in [2.75, 3.05) is 26.2 Å². The van der Waals surface area contributed by atoms with E-state index in [0.29, 0.717) is 6.04 Å². The molecule has 0 aromatic carbocycles. The van der Waals surface area contributed by atoms with Crippen LogP contribution in [0, 0.1) is 5.92 Å². The Bertz CT molecular complexity index is 178. The molecule has 1 saturated heterocycles. The van der Waals surface area contributed by atoms with Crippen LogP contribution >= 0.6 is 0 Å². The molecule has 0 bridgehead atoms. The molecule has 1 N–H and O–H groups in total. The number of hydrogen-bond donors (Lipinski definition) is 1. The zero-order valence-electron chi connectivity index (χ0n) is 10.4. The number of nitrogens with one attached hydrogen (secondary N) is 1. The summed E-state index contributed by atoms with van der Waals surface area (Å²) in [6, 6.07) is 0.535. The first-order chi connectivity index (χ1) is 7.58. The van der Waals surface area contributed by atoms with E-state index in [0.717, 1.165) is 38.4 Å². The molecule has 16 heavy (non-hydrogen) atoms. The van der Waals surface area contributed by atoms with Gasteiger partial charge in [0, 0.05) is 6.04 Å². The molecule has 96 valence electrons. The zero-order valence-corrected chi connectivity index (χ0v) is 10.4. The molecule has 0 unspecified atom stereocenters. The van der Waals surface area contributed by atoms with E-state index in [9.17, 15) is 8.78 Å². The maximum absolute atomic E-state index is 12.2. The molecule has 0 saturated carbocycles. The Kier molecular flexibility index (Phi) is 6.21. The molecule has 2 nitrogen and oxygen atoms in total. The Labute approximate surface area is 97.4 Å². The van der Waals surface area contributed by atoms with Crippen molar-refractivity contribution in [1.29, 1.82) is 0 Å². The molecular formula is C12H24F2N2. The van der Waals surface area contributed by atoms with Gasteiger partial charge in [-0.1, -0.05) is 13.8 Å². The summed E-state index contributed by atoms with van der Waals surface area (Å²) in [7, 11) is 0. The van der Waals surface area contributed by atoms with Crippen molar-refractivity contribution in [3.63, 3.8) is 0 Å². The molecular weight excluding hydrogens is 210 g/mol. The lowest BCUT2D eigenvalue weighted by Crippen LogP contribution is -2.44. The van der Waals surface area contributed by atoms with Gasteiger partial charge in [0.25, 0.3) is 6.43 Å². The highest BCUT2D eigenvalue weighted by Gasteiger charge is 2.20. The maximum atomic E-state index is 12.2. The summed E-state index contributed by atoms with van der Waals surface area (Å²) in [6.45, 7) is 7.04. The Morgan fingerprint density at radius 2 is 1.88 bits per heavy atom. The first kappa shape index (κ1) is 13.8. The van der Waals surface area contributed by atoms with Gasteiger partial charge < -0.3 is 5.32 Å². The Morgan fingerprint density at radius 1 is 1.25 bits per heavy atom. The van der Waals surface area contributed by atoms with E-state index in [1.165, 1.54) is 6.42 Å². The molecule has 0 aromatic heterocycles. The SMILES string of the molecule is CC(C)CCNC1CCN(CC(F)F)CC1. The third-order valence-corrected chi connectivity index (χ3v) is 3.14. The minimum Gasteiger partial charge on any atom is -0.314 e. The Morgan fingerprint density at radius 3 is 2.38 bits per heavy atom. The second-order valence-corrected chi connectivity index (χ2v) is 5.10. The Balaban J connectivity index is 2.07. The van der Waals surface area contributed by atoms with Crippen molar-refractivity contribution < 1.29 is 8.78 Å². The highest BCUT2D eigenvalue weighted by molar-refractivity contribution is 4.77. The fraction of sp³-hybridized carbons (Fsp3) is 1.00. The van der Waals surface area contributed by atoms with Gasteiger partial charge in [0.05, 0.1) is 6.54 Å². The van der Waals surface area contributed by atoms with Crippen LogP contribution in [0.25, 0.3) is 0 Å². The molecule has 0 radical (unpaired) electrons. The molecule has 1 aliphatic rings. The van der Waals surface area contributed by atoms with E-state index in [-0.39, 0.29) is 6.54 Å². The van der Waals surface area contributed by atoms with Gasteiger partial charge in [-0.15, -0.1) is 0 Å². The maximum Gasteiger partial charge on any atom is 0.251 e. The average molecular weight is 234 g/mol. The van der Waals surface area contributed by atoms with Crippen molar-refractivity contribution in [3.8, 4) is 0 Å². The van der Waals surface area contributed by atoms with Crippen molar-refractivity contribution in [3.05, 3.63) is 0 Å². The molecule has 0 amide bonds. The number of piperidine rings is 1. The molecule has 0 aliphatic carbocycles. The largest absolute Gasteiger partial charge is 0.314 e. The smallest absolute Gasteiger partial charge is 0.251 e. The molecule has 0 atom stereocenters. The van der Waals surface area contributed by atoms with Gasteiger partial charge in [-0.25, -0.2) is 8.78 Å². The third-order valence-electron chi connectivity index (χ3n) is 3.14. The summed E-state index contributed by atoms with van der Waals surface area (Å²) in [4.78, 5) is 1.87. The van der Waals surface area contributed by atoms with Gasteiger partial charge in [0.2, 0.25) is 0 Å². The van der Waals surface area contributed by atoms with E-state index >= 15 is 0 Å². The van der Waals surface area contributed by atoms with E-state index < -0.39 is 6.43 Å². The lowest BCUT2D eigenvalue weighted by atomic mass is 10.0. The minimum absolute atomic E-state index is 0.0568. The monoisotopic (exact) mass is 234 g/mol. The first-order valence-electron chi connectivity index (χ1n) is 6.32. The average Bonchev–Trinajstić information content (AvgIpc) is 2.19. The van der Waals surface area contributed by atoms with Crippen LogP contribution in [-0.2, 0) is 0 Å². The zero-order chi connectivity index (χ0) is 12.0. The van der Waals surface area contributed by atoms with Crippen LogP contribution in [0.4, 0.5) is 8.78 Å². The minimum atomic E-state index is -2.19. The molecule has 4 heteroatoms. The van der Waals surface area contributed by atoms with Crippen LogP contribution in [0.2, 0.25) is 0 Å². The number of alkyl halides is 2. The predicted molar refractivity (Wildman–Crippen MR) is 62.9 cm³/mol. The number of hydrogen-bond acceptors (Lipinski definition) is 2. The number of halogens is 2. The molecule has 1 aliphatic heterocycles. The van der Waals surface area contributed by atoms with Crippen LogP contribution in [0.15, 0.2) is 0 Å². The fourth-order valence-electron chi connectivity index (χ4n) is 2.09. The lowest BCUT2D eigenvalue weighted by molar-refractivity contribution is 0.0730. The quantitative estimate of drug-likeness (QED) is 0.759. The van der Waals surface area contributed by atoms with Crippen molar-refractivity contribution in [2.45, 2.75) is 45.6 Å². The third kappa shape index (κ3) is 5.75. The summed E-state index contributed by atoms with van der Waals surface area (Å²) in [5, 5.41) is 3.51. The highest BCUT2D eigenvalue weighted by atomic mass is 19.3. The molecule has 0 aromatic rings. The number of likely N-dealkylation sites (tertiary alicyclic amines) is 1. The van der Waals surface area contributed by atoms with E-state index in [1.54, 1.807) is 0 Å². The molecule has 1 heterocycles. The standard InChI is InChI=1S/C12H24F2N2/c1-10(2)3-6-15-11-4-7-16(8-5-11)9-12(13)14/h10-12,15H,3-9H2,1-2H3. The van der Waals surface area contributed by atoms with Gasteiger partial charge in [0.15, 0.2) is 0 Å². The molecule has 0 spiro atoms. The summed E-state index contributed by atoms with van der Waals surface area (Å²) in [6.07, 6.45) is 1.01. The van der Waals surface area contributed by atoms with Crippen LogP contribution in [-0.4, -0.2) is 43.5 Å². The summed E-state index contributed by atoms with van der Waals surface area (Å²) in [5.41, 5.74) is 0. The van der Waals surface area contributed by atoms with Crippen molar-refractivity contribution in [1.82, 2.24) is 10.2 Å². The Hall–Kier alpha value is -0.220. The summed E-state index contributed by atoms with van der Waals surface area (Å²) >= 11 is 0. The first-order valence-corrected chi connectivity index (χ1v) is 6.32. The second kappa shape index (κ2) is 7.17. The van der Waals surface area contributed by atoms with E-state index in [4.69, 9.17) is 0 Å². The van der Waals surface area contributed by atoms with Crippen LogP contribution in [0.5, 0.6) is 0 Å². The normalized spacial score (nSPS) is 19.9. The van der Waals surface area contributed by atoms with Gasteiger partial charge in [-0.3, -0.25) is 4.90 Å². The predicted octanol–water partition coefficient (Wildman–Crippen LogP) is 2.35. The second-order valence-electron chi connectivity index (χ2n) is 5.10. The lowest BCUT2D eigenvalue weighted by Gasteiger charge is -2.32. The topological polar surface area (TPSA) is 15.3 Å². The van der Waals surface area contributed by atoms with Gasteiger partial charge >= 0.3 is 0 Å². The van der Waals surface area contributed by atoms with E-state index in [1.807, 2.05) is 4.90 Å². The summed E-state index contributed by atoms with van der Waals surface area (Å²) in [5.74, 6) is 0.728. The van der Waals surface area contributed by atoms with Crippen LogP contribution in [0.3, 0.4) is 0 Å². The van der Waals surface area contributed by atoms with Gasteiger partial charge in [-0.05, 0) is 44.8 Å².